The fourth-order valence-electron chi connectivity index (χ4n) is 2.60. The molecule has 2 N–H and O–H groups in total. The number of carbonyl (C=O) groups is 2. The monoisotopic (exact) mass is 379 g/mol. The standard InChI is InChI=1S/C17H21N3O5S/c1-5-6-20-14(18)13(15(22)19(4)17(20)24)12(21)8-25-16(23)11-7-9(2)26-10(11)3/h7H,5-6,8,18H2,1-4H3. The van der Waals surface area contributed by atoms with Gasteiger partial charge in [-0.2, -0.15) is 0 Å². The van der Waals surface area contributed by atoms with Crippen LogP contribution >= 0.6 is 11.3 Å². The van der Waals surface area contributed by atoms with Crippen LogP contribution < -0.4 is 17.0 Å². The van der Waals surface area contributed by atoms with E-state index in [0.29, 0.717) is 12.0 Å². The highest BCUT2D eigenvalue weighted by atomic mass is 32.1. The number of anilines is 1. The van der Waals surface area contributed by atoms with Gasteiger partial charge < -0.3 is 10.5 Å². The van der Waals surface area contributed by atoms with Gasteiger partial charge >= 0.3 is 11.7 Å². The summed E-state index contributed by atoms with van der Waals surface area (Å²) < 4.78 is 7.04. The van der Waals surface area contributed by atoms with Crippen LogP contribution in [0.3, 0.4) is 0 Å². The van der Waals surface area contributed by atoms with Gasteiger partial charge in [0.2, 0.25) is 5.78 Å². The molecule has 2 aromatic rings. The fraction of sp³-hybridized carbons (Fsp3) is 0.412. The van der Waals surface area contributed by atoms with Gasteiger partial charge in [-0.1, -0.05) is 6.92 Å². The summed E-state index contributed by atoms with van der Waals surface area (Å²) in [6.07, 6.45) is 0.599. The van der Waals surface area contributed by atoms with Gasteiger partial charge in [-0.3, -0.25) is 18.7 Å². The Labute approximate surface area is 153 Å². The molecule has 0 atom stereocenters. The second kappa shape index (κ2) is 7.69. The van der Waals surface area contributed by atoms with Crippen molar-refractivity contribution >= 4 is 28.9 Å². The van der Waals surface area contributed by atoms with Gasteiger partial charge in [-0.15, -0.1) is 11.3 Å². The normalized spacial score (nSPS) is 10.8. The van der Waals surface area contributed by atoms with Crippen molar-refractivity contribution in [2.24, 2.45) is 7.05 Å². The second-order valence-corrected chi connectivity index (χ2v) is 7.35. The number of aromatic nitrogens is 2. The average molecular weight is 379 g/mol. The number of nitrogen functional groups attached to an aromatic ring is 1. The topological polar surface area (TPSA) is 113 Å². The molecule has 140 valence electrons. The molecule has 8 nitrogen and oxygen atoms in total. The lowest BCUT2D eigenvalue weighted by Crippen LogP contribution is -2.43. The highest BCUT2D eigenvalue weighted by Crippen LogP contribution is 2.21. The quantitative estimate of drug-likeness (QED) is 0.597. The molecule has 0 bridgehead atoms. The number of esters is 1. The molecule has 0 aromatic carbocycles. The van der Waals surface area contributed by atoms with Crippen molar-refractivity contribution in [2.45, 2.75) is 33.7 Å². The van der Waals surface area contributed by atoms with Crippen molar-refractivity contribution < 1.29 is 14.3 Å². The first-order chi connectivity index (χ1) is 12.2. The van der Waals surface area contributed by atoms with Gasteiger partial charge in [0, 0.05) is 23.3 Å². The predicted molar refractivity (Wildman–Crippen MR) is 99.1 cm³/mol. The van der Waals surface area contributed by atoms with E-state index in [0.717, 1.165) is 14.3 Å². The van der Waals surface area contributed by atoms with E-state index in [4.69, 9.17) is 10.5 Å². The highest BCUT2D eigenvalue weighted by molar-refractivity contribution is 7.12. The van der Waals surface area contributed by atoms with E-state index >= 15 is 0 Å². The van der Waals surface area contributed by atoms with E-state index < -0.39 is 29.6 Å². The molecule has 0 saturated carbocycles. The Kier molecular flexibility index (Phi) is 5.81. The number of nitrogens with two attached hydrogens (primary N) is 1. The summed E-state index contributed by atoms with van der Waals surface area (Å²) >= 11 is 1.45. The summed E-state index contributed by atoms with van der Waals surface area (Å²) in [5.41, 5.74) is 4.53. The average Bonchev–Trinajstić information content (AvgIpc) is 2.93. The first kappa shape index (κ1) is 19.6. The second-order valence-electron chi connectivity index (χ2n) is 5.88. The molecule has 2 heterocycles. The number of nitrogens with zero attached hydrogens (tertiary/aromatic N) is 2. The third-order valence-electron chi connectivity index (χ3n) is 3.90. The number of rotatable bonds is 6. The maximum absolute atomic E-state index is 12.4. The van der Waals surface area contributed by atoms with Crippen molar-refractivity contribution in [2.75, 3.05) is 12.3 Å². The maximum Gasteiger partial charge on any atom is 0.339 e. The van der Waals surface area contributed by atoms with E-state index in [1.807, 2.05) is 13.8 Å². The first-order valence-electron chi connectivity index (χ1n) is 8.05. The summed E-state index contributed by atoms with van der Waals surface area (Å²) in [7, 11) is 1.27. The predicted octanol–water partition coefficient (Wildman–Crippen LogP) is 1.26. The van der Waals surface area contributed by atoms with Crippen molar-refractivity contribution in [3.8, 4) is 0 Å². The summed E-state index contributed by atoms with van der Waals surface area (Å²) in [5, 5.41) is 0. The Morgan fingerprint density at radius 3 is 2.46 bits per heavy atom. The molecule has 2 aromatic heterocycles. The third-order valence-corrected chi connectivity index (χ3v) is 4.87. The molecule has 0 aliphatic carbocycles. The van der Waals surface area contributed by atoms with Crippen LogP contribution in [0.1, 0.15) is 43.8 Å². The number of hydrogen-bond donors (Lipinski definition) is 1. The van der Waals surface area contributed by atoms with Crippen LogP contribution in [0.5, 0.6) is 0 Å². The zero-order valence-corrected chi connectivity index (χ0v) is 15.9. The minimum absolute atomic E-state index is 0.205. The van der Waals surface area contributed by atoms with Crippen LogP contribution in [-0.2, 0) is 18.3 Å². The maximum atomic E-state index is 12.4. The molecular weight excluding hydrogens is 358 g/mol. The van der Waals surface area contributed by atoms with E-state index in [1.54, 1.807) is 13.0 Å². The van der Waals surface area contributed by atoms with Gasteiger partial charge in [0.05, 0.1) is 5.56 Å². The Hall–Kier alpha value is -2.68. The third kappa shape index (κ3) is 3.62. The molecule has 0 unspecified atom stereocenters. The van der Waals surface area contributed by atoms with Crippen LogP contribution in [-0.4, -0.2) is 27.5 Å². The number of carbonyl (C=O) groups excluding carboxylic acids is 2. The summed E-state index contributed by atoms with van der Waals surface area (Å²) in [6, 6.07) is 1.68. The van der Waals surface area contributed by atoms with Gasteiger partial charge in [0.15, 0.2) is 6.61 Å². The molecule has 0 spiro atoms. The Morgan fingerprint density at radius 2 is 1.92 bits per heavy atom. The zero-order chi connectivity index (χ0) is 19.6. The number of aryl methyl sites for hydroxylation is 2. The van der Waals surface area contributed by atoms with Crippen molar-refractivity contribution in [1.29, 1.82) is 0 Å². The SMILES string of the molecule is CCCn1c(N)c(C(=O)COC(=O)c2cc(C)sc2C)c(=O)n(C)c1=O. The minimum atomic E-state index is -0.802. The van der Waals surface area contributed by atoms with Crippen LogP contribution in [0, 0.1) is 13.8 Å². The largest absolute Gasteiger partial charge is 0.454 e. The summed E-state index contributed by atoms with van der Waals surface area (Å²) in [6.45, 7) is 5.13. The number of Topliss-reactive ketones (excluding diaryl/α,β-unsaturated/α-hetero) is 1. The van der Waals surface area contributed by atoms with Gasteiger partial charge in [-0.05, 0) is 26.3 Å². The zero-order valence-electron chi connectivity index (χ0n) is 15.1. The van der Waals surface area contributed by atoms with Crippen molar-refractivity contribution in [3.63, 3.8) is 0 Å². The molecular formula is C17H21N3O5S. The Balaban J connectivity index is 2.30. The van der Waals surface area contributed by atoms with Crippen molar-refractivity contribution in [1.82, 2.24) is 9.13 Å². The number of hydrogen-bond acceptors (Lipinski definition) is 7. The molecule has 0 saturated heterocycles. The molecule has 0 fully saturated rings. The Bertz CT molecular complexity index is 984. The fourth-order valence-corrected chi connectivity index (χ4v) is 3.51. The summed E-state index contributed by atoms with van der Waals surface area (Å²) in [4.78, 5) is 50.7. The number of thiophene rings is 1. The van der Waals surface area contributed by atoms with Gasteiger partial charge in [-0.25, -0.2) is 9.59 Å². The lowest BCUT2D eigenvalue weighted by Gasteiger charge is -2.13. The smallest absolute Gasteiger partial charge is 0.339 e. The van der Waals surface area contributed by atoms with E-state index in [-0.39, 0.29) is 17.9 Å². The van der Waals surface area contributed by atoms with Gasteiger partial charge in [0.1, 0.15) is 11.4 Å². The van der Waals surface area contributed by atoms with Crippen LogP contribution in [0.15, 0.2) is 15.7 Å². The number of ketones is 1. The van der Waals surface area contributed by atoms with Gasteiger partial charge in [0.25, 0.3) is 5.56 Å². The van der Waals surface area contributed by atoms with Crippen LogP contribution in [0.25, 0.3) is 0 Å². The van der Waals surface area contributed by atoms with Crippen LogP contribution in [0.4, 0.5) is 5.82 Å². The highest BCUT2D eigenvalue weighted by Gasteiger charge is 2.23. The lowest BCUT2D eigenvalue weighted by molar-refractivity contribution is 0.0474. The minimum Gasteiger partial charge on any atom is -0.454 e. The molecule has 0 aliphatic rings. The molecule has 2 rings (SSSR count). The van der Waals surface area contributed by atoms with Crippen LogP contribution in [0.2, 0.25) is 0 Å². The molecule has 0 radical (unpaired) electrons. The van der Waals surface area contributed by atoms with E-state index in [2.05, 4.69) is 0 Å². The number of ether oxygens (including phenoxy) is 1. The van der Waals surface area contributed by atoms with Crippen molar-refractivity contribution in [3.05, 3.63) is 47.8 Å². The lowest BCUT2D eigenvalue weighted by atomic mass is 10.2. The summed E-state index contributed by atoms with van der Waals surface area (Å²) in [5.74, 6) is -1.59. The Morgan fingerprint density at radius 1 is 1.27 bits per heavy atom. The van der Waals surface area contributed by atoms with E-state index in [9.17, 15) is 19.2 Å². The first-order valence-corrected chi connectivity index (χ1v) is 8.87. The molecule has 26 heavy (non-hydrogen) atoms. The molecule has 9 heteroatoms. The van der Waals surface area contributed by atoms with E-state index in [1.165, 1.54) is 23.0 Å². The molecule has 0 amide bonds. The molecule has 0 aliphatic heterocycles.